The fraction of sp³-hybridized carbons (Fsp3) is 0.455. The zero-order valence-electron chi connectivity index (χ0n) is 8.68. The maximum Gasteiger partial charge on any atom is 0.0411 e. The summed E-state index contributed by atoms with van der Waals surface area (Å²) in [5, 5.41) is 4.11. The van der Waals surface area contributed by atoms with Gasteiger partial charge in [0.1, 0.15) is 0 Å². The Kier molecular flexibility index (Phi) is 4.39. The third kappa shape index (κ3) is 3.66. The molecule has 0 aromatic heterocycles. The highest BCUT2D eigenvalue weighted by Crippen LogP contribution is 2.14. The highest BCUT2D eigenvalue weighted by Gasteiger charge is 2.00. The zero-order valence-corrected chi connectivity index (χ0v) is 9.43. The molecule has 0 saturated heterocycles. The number of rotatable bonds is 4. The average molecular weight is 213 g/mol. The van der Waals surface area contributed by atoms with Gasteiger partial charge < -0.3 is 11.1 Å². The van der Waals surface area contributed by atoms with Gasteiger partial charge in [0.15, 0.2) is 0 Å². The Balaban J connectivity index is 2.58. The minimum absolute atomic E-state index is 0.342. The summed E-state index contributed by atoms with van der Waals surface area (Å²) in [7, 11) is 0. The van der Waals surface area contributed by atoms with E-state index in [-0.39, 0.29) is 0 Å². The molecule has 1 rings (SSSR count). The van der Waals surface area contributed by atoms with Gasteiger partial charge in [0.2, 0.25) is 0 Å². The van der Waals surface area contributed by atoms with Crippen LogP contribution >= 0.6 is 11.6 Å². The summed E-state index contributed by atoms with van der Waals surface area (Å²) in [5.41, 5.74) is 7.90. The van der Waals surface area contributed by atoms with Crippen molar-refractivity contribution >= 4 is 11.6 Å². The third-order valence-corrected chi connectivity index (χ3v) is 2.33. The molecule has 0 unspecified atom stereocenters. The molecule has 3 N–H and O–H groups in total. The molecule has 0 saturated carbocycles. The predicted molar refractivity (Wildman–Crippen MR) is 61.5 cm³/mol. The first kappa shape index (κ1) is 11.5. The highest BCUT2D eigenvalue weighted by atomic mass is 35.5. The molecule has 0 spiro atoms. The van der Waals surface area contributed by atoms with Crippen LogP contribution in [0.2, 0.25) is 5.02 Å². The fourth-order valence-electron chi connectivity index (χ4n) is 1.29. The summed E-state index contributed by atoms with van der Waals surface area (Å²) in [6.07, 6.45) is 0. The van der Waals surface area contributed by atoms with Crippen LogP contribution in [0.15, 0.2) is 18.2 Å². The zero-order chi connectivity index (χ0) is 10.6. The lowest BCUT2D eigenvalue weighted by Crippen LogP contribution is -2.32. The standard InChI is InChI=1S/C11H17ClN2/c1-8-3-10(5-11(12)4-8)7-14-9(2)6-13/h3-5,9,14H,6-7,13H2,1-2H3/t9-/m0/s1. The Labute approximate surface area is 90.4 Å². The van der Waals surface area contributed by atoms with E-state index in [1.807, 2.05) is 19.1 Å². The van der Waals surface area contributed by atoms with Crippen molar-refractivity contribution in [1.29, 1.82) is 0 Å². The molecule has 3 heteroatoms. The molecule has 2 nitrogen and oxygen atoms in total. The molecule has 0 heterocycles. The molecule has 1 aromatic rings. The quantitative estimate of drug-likeness (QED) is 0.802. The van der Waals surface area contributed by atoms with Crippen LogP contribution in [-0.4, -0.2) is 12.6 Å². The van der Waals surface area contributed by atoms with E-state index >= 15 is 0 Å². The van der Waals surface area contributed by atoms with Crippen LogP contribution in [0.5, 0.6) is 0 Å². The van der Waals surface area contributed by atoms with Crippen molar-refractivity contribution in [2.75, 3.05) is 6.54 Å². The fourth-order valence-corrected chi connectivity index (χ4v) is 1.60. The van der Waals surface area contributed by atoms with Crippen molar-refractivity contribution in [3.8, 4) is 0 Å². The lowest BCUT2D eigenvalue weighted by molar-refractivity contribution is 0.556. The third-order valence-electron chi connectivity index (χ3n) is 2.11. The van der Waals surface area contributed by atoms with Crippen LogP contribution in [-0.2, 0) is 6.54 Å². The Hall–Kier alpha value is -0.570. The molecule has 0 aliphatic rings. The SMILES string of the molecule is Cc1cc(Cl)cc(CN[C@@H](C)CN)c1. The van der Waals surface area contributed by atoms with E-state index in [2.05, 4.69) is 18.3 Å². The average Bonchev–Trinajstić information content (AvgIpc) is 2.12. The summed E-state index contributed by atoms with van der Waals surface area (Å²) >= 11 is 5.95. The van der Waals surface area contributed by atoms with Gasteiger partial charge in [-0.15, -0.1) is 0 Å². The largest absolute Gasteiger partial charge is 0.329 e. The predicted octanol–water partition coefficient (Wildman–Crippen LogP) is 2.09. The van der Waals surface area contributed by atoms with Crippen LogP contribution in [0, 0.1) is 6.92 Å². The minimum Gasteiger partial charge on any atom is -0.329 e. The van der Waals surface area contributed by atoms with Crippen molar-refractivity contribution in [1.82, 2.24) is 5.32 Å². The van der Waals surface area contributed by atoms with Gasteiger partial charge in [-0.05, 0) is 37.1 Å². The summed E-state index contributed by atoms with van der Waals surface area (Å²) in [4.78, 5) is 0. The van der Waals surface area contributed by atoms with E-state index in [0.717, 1.165) is 11.6 Å². The molecule has 78 valence electrons. The molecule has 0 aliphatic heterocycles. The van der Waals surface area contributed by atoms with Crippen LogP contribution in [0.25, 0.3) is 0 Å². The Bertz CT molecular complexity index is 279. The molecule has 1 aromatic carbocycles. The Morgan fingerprint density at radius 2 is 2.14 bits per heavy atom. The molecular weight excluding hydrogens is 196 g/mol. The molecule has 1 atom stereocenters. The number of halogens is 1. The van der Waals surface area contributed by atoms with Crippen LogP contribution < -0.4 is 11.1 Å². The van der Waals surface area contributed by atoms with Crippen molar-refractivity contribution in [3.63, 3.8) is 0 Å². The molecule has 0 aliphatic carbocycles. The Morgan fingerprint density at radius 3 is 2.71 bits per heavy atom. The lowest BCUT2D eigenvalue weighted by atomic mass is 10.1. The monoisotopic (exact) mass is 212 g/mol. The number of nitrogens with one attached hydrogen (secondary N) is 1. The van der Waals surface area contributed by atoms with Gasteiger partial charge in [0, 0.05) is 24.2 Å². The van der Waals surface area contributed by atoms with Crippen molar-refractivity contribution in [2.45, 2.75) is 26.4 Å². The molecule has 0 fully saturated rings. The number of nitrogens with two attached hydrogens (primary N) is 1. The summed E-state index contributed by atoms with van der Waals surface area (Å²) in [6.45, 7) is 5.58. The van der Waals surface area contributed by atoms with Crippen LogP contribution in [0.4, 0.5) is 0 Å². The summed E-state index contributed by atoms with van der Waals surface area (Å²) < 4.78 is 0. The van der Waals surface area contributed by atoms with E-state index < -0.39 is 0 Å². The Morgan fingerprint density at radius 1 is 1.43 bits per heavy atom. The van der Waals surface area contributed by atoms with Gasteiger partial charge in [0.25, 0.3) is 0 Å². The van der Waals surface area contributed by atoms with E-state index in [9.17, 15) is 0 Å². The second kappa shape index (κ2) is 5.35. The maximum atomic E-state index is 5.95. The molecule has 0 amide bonds. The number of hydrogen-bond donors (Lipinski definition) is 2. The molecular formula is C11H17ClN2. The second-order valence-electron chi connectivity index (χ2n) is 3.65. The van der Waals surface area contributed by atoms with E-state index in [0.29, 0.717) is 12.6 Å². The van der Waals surface area contributed by atoms with Gasteiger partial charge in [-0.2, -0.15) is 0 Å². The van der Waals surface area contributed by atoms with Crippen molar-refractivity contribution < 1.29 is 0 Å². The number of aryl methyl sites for hydroxylation is 1. The lowest BCUT2D eigenvalue weighted by Gasteiger charge is -2.11. The number of benzene rings is 1. The molecule has 0 bridgehead atoms. The first-order valence-corrected chi connectivity index (χ1v) is 5.19. The number of hydrogen-bond acceptors (Lipinski definition) is 2. The topological polar surface area (TPSA) is 38.0 Å². The summed E-state index contributed by atoms with van der Waals surface area (Å²) in [5.74, 6) is 0. The second-order valence-corrected chi connectivity index (χ2v) is 4.09. The minimum atomic E-state index is 0.342. The van der Waals surface area contributed by atoms with Crippen LogP contribution in [0.1, 0.15) is 18.1 Å². The van der Waals surface area contributed by atoms with Crippen LogP contribution in [0.3, 0.4) is 0 Å². The molecule has 0 radical (unpaired) electrons. The van der Waals surface area contributed by atoms with Crippen molar-refractivity contribution in [2.24, 2.45) is 5.73 Å². The smallest absolute Gasteiger partial charge is 0.0411 e. The first-order chi connectivity index (χ1) is 6.61. The first-order valence-electron chi connectivity index (χ1n) is 4.81. The normalized spacial score (nSPS) is 12.9. The van der Waals surface area contributed by atoms with E-state index in [4.69, 9.17) is 17.3 Å². The maximum absolute atomic E-state index is 5.95. The van der Waals surface area contributed by atoms with Gasteiger partial charge in [-0.25, -0.2) is 0 Å². The summed E-state index contributed by atoms with van der Waals surface area (Å²) in [6, 6.07) is 6.40. The highest BCUT2D eigenvalue weighted by molar-refractivity contribution is 6.30. The van der Waals surface area contributed by atoms with E-state index in [1.54, 1.807) is 0 Å². The van der Waals surface area contributed by atoms with Crippen molar-refractivity contribution in [3.05, 3.63) is 34.3 Å². The molecule has 14 heavy (non-hydrogen) atoms. The van der Waals surface area contributed by atoms with Gasteiger partial charge in [0.05, 0.1) is 0 Å². The van der Waals surface area contributed by atoms with Gasteiger partial charge in [-0.3, -0.25) is 0 Å². The van der Waals surface area contributed by atoms with E-state index in [1.165, 1.54) is 11.1 Å². The van der Waals surface area contributed by atoms with Gasteiger partial charge >= 0.3 is 0 Å². The van der Waals surface area contributed by atoms with Gasteiger partial charge in [-0.1, -0.05) is 17.7 Å².